The number of hydrogen-bond acceptors (Lipinski definition) is 4. The standard InChI is InChI=1S/C14H16FN3O/c1-3-12(13-6-4-10(15)8-16-13)18-11-5-7-14(19-2)17-9-11/h4-9,12,18H,3H2,1-2H3. The molecule has 0 aliphatic heterocycles. The lowest BCUT2D eigenvalue weighted by molar-refractivity contribution is 0.398. The topological polar surface area (TPSA) is 47.0 Å². The third kappa shape index (κ3) is 3.40. The first-order valence-corrected chi connectivity index (χ1v) is 6.11. The van der Waals surface area contributed by atoms with Gasteiger partial charge in [0.25, 0.3) is 0 Å². The minimum absolute atomic E-state index is 0.0239. The van der Waals surface area contributed by atoms with Crippen molar-refractivity contribution < 1.29 is 9.13 Å². The molecule has 0 spiro atoms. The summed E-state index contributed by atoms with van der Waals surface area (Å²) in [5.41, 5.74) is 1.68. The molecular formula is C14H16FN3O. The molecule has 100 valence electrons. The molecule has 0 amide bonds. The first kappa shape index (κ1) is 13.3. The molecule has 2 aromatic heterocycles. The SMILES string of the molecule is CCC(Nc1ccc(OC)nc1)c1ccc(F)cn1. The van der Waals surface area contributed by atoms with Crippen molar-refractivity contribution in [1.82, 2.24) is 9.97 Å². The number of pyridine rings is 2. The Bertz CT molecular complexity index is 513. The second-order valence-electron chi connectivity index (χ2n) is 4.10. The van der Waals surface area contributed by atoms with E-state index in [9.17, 15) is 4.39 Å². The maximum absolute atomic E-state index is 12.9. The number of methoxy groups -OCH3 is 1. The maximum Gasteiger partial charge on any atom is 0.213 e. The van der Waals surface area contributed by atoms with Gasteiger partial charge >= 0.3 is 0 Å². The van der Waals surface area contributed by atoms with E-state index >= 15 is 0 Å². The molecule has 0 radical (unpaired) electrons. The van der Waals surface area contributed by atoms with Crippen molar-refractivity contribution in [2.24, 2.45) is 0 Å². The van der Waals surface area contributed by atoms with Crippen LogP contribution in [0.3, 0.4) is 0 Å². The molecule has 4 nitrogen and oxygen atoms in total. The molecule has 19 heavy (non-hydrogen) atoms. The average molecular weight is 261 g/mol. The summed E-state index contributed by atoms with van der Waals surface area (Å²) >= 11 is 0. The number of halogens is 1. The molecule has 0 aliphatic rings. The highest BCUT2D eigenvalue weighted by molar-refractivity contribution is 5.44. The van der Waals surface area contributed by atoms with Gasteiger partial charge in [-0.15, -0.1) is 0 Å². The van der Waals surface area contributed by atoms with Gasteiger partial charge in [-0.1, -0.05) is 6.92 Å². The fourth-order valence-electron chi connectivity index (χ4n) is 1.77. The summed E-state index contributed by atoms with van der Waals surface area (Å²) in [4.78, 5) is 8.22. The number of rotatable bonds is 5. The molecule has 1 atom stereocenters. The second kappa shape index (κ2) is 6.13. The largest absolute Gasteiger partial charge is 0.481 e. The quantitative estimate of drug-likeness (QED) is 0.898. The minimum Gasteiger partial charge on any atom is -0.481 e. The van der Waals surface area contributed by atoms with Crippen molar-refractivity contribution >= 4 is 5.69 Å². The molecule has 0 aromatic carbocycles. The van der Waals surface area contributed by atoms with Gasteiger partial charge in [-0.2, -0.15) is 0 Å². The van der Waals surface area contributed by atoms with Gasteiger partial charge in [-0.25, -0.2) is 9.37 Å². The van der Waals surface area contributed by atoms with E-state index in [0.29, 0.717) is 5.88 Å². The molecule has 2 rings (SSSR count). The van der Waals surface area contributed by atoms with Crippen LogP contribution in [0.15, 0.2) is 36.7 Å². The Morgan fingerprint density at radius 3 is 2.58 bits per heavy atom. The first-order chi connectivity index (χ1) is 9.22. The number of hydrogen-bond donors (Lipinski definition) is 1. The highest BCUT2D eigenvalue weighted by Crippen LogP contribution is 2.21. The zero-order valence-electron chi connectivity index (χ0n) is 10.9. The van der Waals surface area contributed by atoms with Crippen LogP contribution in [0, 0.1) is 5.82 Å². The molecule has 2 aromatic rings. The fraction of sp³-hybridized carbons (Fsp3) is 0.286. The summed E-state index contributed by atoms with van der Waals surface area (Å²) in [7, 11) is 1.58. The van der Waals surface area contributed by atoms with Gasteiger partial charge in [0.05, 0.1) is 36.9 Å². The van der Waals surface area contributed by atoms with E-state index in [2.05, 4.69) is 15.3 Å². The molecular weight excluding hydrogens is 245 g/mol. The average Bonchev–Trinajstić information content (AvgIpc) is 2.46. The van der Waals surface area contributed by atoms with Crippen molar-refractivity contribution in [3.05, 3.63) is 48.2 Å². The number of ether oxygens (including phenoxy) is 1. The maximum atomic E-state index is 12.9. The highest BCUT2D eigenvalue weighted by Gasteiger charge is 2.10. The Kier molecular flexibility index (Phi) is 4.28. The van der Waals surface area contributed by atoms with Crippen LogP contribution in [-0.4, -0.2) is 17.1 Å². The Morgan fingerprint density at radius 2 is 2.05 bits per heavy atom. The minimum atomic E-state index is -0.329. The summed E-state index contributed by atoms with van der Waals surface area (Å²) in [5, 5.41) is 3.31. The van der Waals surface area contributed by atoms with Gasteiger partial charge in [-0.05, 0) is 24.6 Å². The van der Waals surface area contributed by atoms with E-state index in [4.69, 9.17) is 4.74 Å². The van der Waals surface area contributed by atoms with E-state index in [1.54, 1.807) is 25.4 Å². The van der Waals surface area contributed by atoms with E-state index < -0.39 is 0 Å². The molecule has 0 bridgehead atoms. The van der Waals surface area contributed by atoms with Crippen molar-refractivity contribution in [2.45, 2.75) is 19.4 Å². The molecule has 1 N–H and O–H groups in total. The molecule has 5 heteroatoms. The third-order valence-corrected chi connectivity index (χ3v) is 2.80. The summed E-state index contributed by atoms with van der Waals surface area (Å²) < 4.78 is 17.9. The lowest BCUT2D eigenvalue weighted by Crippen LogP contribution is -2.11. The number of nitrogens with zero attached hydrogens (tertiary/aromatic N) is 2. The van der Waals surface area contributed by atoms with E-state index in [1.807, 2.05) is 13.0 Å². The molecule has 1 unspecified atom stereocenters. The molecule has 0 saturated carbocycles. The zero-order valence-corrected chi connectivity index (χ0v) is 10.9. The summed E-state index contributed by atoms with van der Waals surface area (Å²) in [6, 6.07) is 6.80. The Morgan fingerprint density at radius 1 is 1.21 bits per heavy atom. The molecule has 2 heterocycles. The first-order valence-electron chi connectivity index (χ1n) is 6.11. The summed E-state index contributed by atoms with van der Waals surface area (Å²) in [6.07, 6.45) is 3.77. The summed E-state index contributed by atoms with van der Waals surface area (Å²) in [5.74, 6) is 0.239. The summed E-state index contributed by atoms with van der Waals surface area (Å²) in [6.45, 7) is 2.04. The predicted octanol–water partition coefficient (Wildman–Crippen LogP) is 3.19. The number of anilines is 1. The van der Waals surface area contributed by atoms with E-state index in [-0.39, 0.29) is 11.9 Å². The van der Waals surface area contributed by atoms with Gasteiger partial charge < -0.3 is 10.1 Å². The highest BCUT2D eigenvalue weighted by atomic mass is 19.1. The van der Waals surface area contributed by atoms with Crippen molar-refractivity contribution in [3.8, 4) is 5.88 Å². The van der Waals surface area contributed by atoms with Crippen LogP contribution in [0.5, 0.6) is 5.88 Å². The number of aromatic nitrogens is 2. The van der Waals surface area contributed by atoms with Gasteiger partial charge in [0.2, 0.25) is 5.88 Å². The van der Waals surface area contributed by atoms with Gasteiger partial charge in [-0.3, -0.25) is 4.98 Å². The van der Waals surface area contributed by atoms with Crippen molar-refractivity contribution in [2.75, 3.05) is 12.4 Å². The van der Waals surface area contributed by atoms with Crippen LogP contribution in [0.2, 0.25) is 0 Å². The fourth-order valence-corrected chi connectivity index (χ4v) is 1.77. The Labute approximate surface area is 111 Å². The monoisotopic (exact) mass is 261 g/mol. The molecule has 0 fully saturated rings. The smallest absolute Gasteiger partial charge is 0.213 e. The third-order valence-electron chi connectivity index (χ3n) is 2.80. The normalized spacial score (nSPS) is 11.9. The second-order valence-corrected chi connectivity index (χ2v) is 4.10. The molecule has 0 aliphatic carbocycles. The Balaban J connectivity index is 2.11. The van der Waals surface area contributed by atoms with E-state index in [1.165, 1.54) is 12.3 Å². The van der Waals surface area contributed by atoms with Crippen LogP contribution in [-0.2, 0) is 0 Å². The van der Waals surface area contributed by atoms with Crippen LogP contribution < -0.4 is 10.1 Å². The molecule has 0 saturated heterocycles. The van der Waals surface area contributed by atoms with Crippen molar-refractivity contribution in [1.29, 1.82) is 0 Å². The van der Waals surface area contributed by atoms with Crippen LogP contribution in [0.1, 0.15) is 25.1 Å². The van der Waals surface area contributed by atoms with Crippen molar-refractivity contribution in [3.63, 3.8) is 0 Å². The van der Waals surface area contributed by atoms with Crippen LogP contribution >= 0.6 is 0 Å². The van der Waals surface area contributed by atoms with E-state index in [0.717, 1.165) is 17.8 Å². The lowest BCUT2D eigenvalue weighted by Gasteiger charge is -2.17. The van der Waals surface area contributed by atoms with Gasteiger partial charge in [0.1, 0.15) is 5.82 Å². The van der Waals surface area contributed by atoms with Gasteiger partial charge in [0.15, 0.2) is 0 Å². The van der Waals surface area contributed by atoms with Crippen LogP contribution in [0.4, 0.5) is 10.1 Å². The van der Waals surface area contributed by atoms with Gasteiger partial charge in [0, 0.05) is 6.07 Å². The van der Waals surface area contributed by atoms with Crippen LogP contribution in [0.25, 0.3) is 0 Å². The lowest BCUT2D eigenvalue weighted by atomic mass is 10.1. The zero-order chi connectivity index (χ0) is 13.7. The predicted molar refractivity (Wildman–Crippen MR) is 71.6 cm³/mol. The Hall–Kier alpha value is -2.17. The number of nitrogens with one attached hydrogen (secondary N) is 1.